The molecule has 1 atom stereocenters. The third-order valence-corrected chi connectivity index (χ3v) is 3.07. The van der Waals surface area contributed by atoms with Gasteiger partial charge >= 0.3 is 5.97 Å². The second kappa shape index (κ2) is 6.80. The summed E-state index contributed by atoms with van der Waals surface area (Å²) in [5, 5.41) is 11.4. The summed E-state index contributed by atoms with van der Waals surface area (Å²) < 4.78 is 26.3. The van der Waals surface area contributed by atoms with E-state index in [0.717, 1.165) is 6.07 Å². The predicted molar refractivity (Wildman–Crippen MR) is 75.4 cm³/mol. The van der Waals surface area contributed by atoms with E-state index in [4.69, 9.17) is 0 Å². The van der Waals surface area contributed by atoms with E-state index in [1.54, 1.807) is 0 Å². The predicted octanol–water partition coefficient (Wildman–Crippen LogP) is 2.39. The van der Waals surface area contributed by atoms with Crippen LogP contribution in [-0.2, 0) is 11.2 Å². The Bertz CT molecular complexity index is 686. The summed E-state index contributed by atoms with van der Waals surface area (Å²) in [6.45, 7) is 0. The maximum absolute atomic E-state index is 13.5. The van der Waals surface area contributed by atoms with E-state index in [1.165, 1.54) is 42.5 Å². The van der Waals surface area contributed by atoms with E-state index in [9.17, 15) is 23.5 Å². The zero-order chi connectivity index (χ0) is 16.1. The van der Waals surface area contributed by atoms with Crippen molar-refractivity contribution in [1.82, 2.24) is 5.32 Å². The third kappa shape index (κ3) is 3.88. The van der Waals surface area contributed by atoms with Gasteiger partial charge in [0.2, 0.25) is 0 Å². The van der Waals surface area contributed by atoms with Gasteiger partial charge in [-0.3, -0.25) is 4.79 Å². The summed E-state index contributed by atoms with van der Waals surface area (Å²) in [7, 11) is 0. The molecular formula is C16H13F2NO3. The lowest BCUT2D eigenvalue weighted by Gasteiger charge is -2.15. The number of amides is 1. The van der Waals surface area contributed by atoms with Gasteiger partial charge in [-0.1, -0.05) is 24.3 Å². The number of aliphatic carboxylic acids is 1. The molecule has 114 valence electrons. The van der Waals surface area contributed by atoms with Gasteiger partial charge in [-0.15, -0.1) is 0 Å². The molecule has 0 bridgehead atoms. The number of carbonyl (C=O) groups is 2. The topological polar surface area (TPSA) is 66.4 Å². The van der Waals surface area contributed by atoms with Gasteiger partial charge in [0.05, 0.1) is 5.56 Å². The minimum Gasteiger partial charge on any atom is -0.480 e. The van der Waals surface area contributed by atoms with Crippen molar-refractivity contribution in [2.45, 2.75) is 12.5 Å². The minimum atomic E-state index is -1.26. The Morgan fingerprint density at radius 2 is 1.68 bits per heavy atom. The number of carbonyl (C=O) groups excluding carboxylic acids is 1. The maximum atomic E-state index is 13.5. The van der Waals surface area contributed by atoms with Gasteiger partial charge in [0, 0.05) is 6.42 Å². The second-order valence-electron chi connectivity index (χ2n) is 4.67. The number of hydrogen-bond acceptors (Lipinski definition) is 2. The Hall–Kier alpha value is -2.76. The van der Waals surface area contributed by atoms with Crippen LogP contribution in [0.3, 0.4) is 0 Å². The molecule has 0 radical (unpaired) electrons. The van der Waals surface area contributed by atoms with Crippen LogP contribution in [0.5, 0.6) is 0 Å². The molecule has 0 aromatic heterocycles. The molecule has 4 nitrogen and oxygen atoms in total. The first-order valence-corrected chi connectivity index (χ1v) is 6.50. The number of nitrogens with one attached hydrogen (secondary N) is 1. The number of hydrogen-bond donors (Lipinski definition) is 2. The molecule has 2 aromatic rings. The van der Waals surface area contributed by atoms with Crippen molar-refractivity contribution in [3.8, 4) is 0 Å². The van der Waals surface area contributed by atoms with Crippen molar-refractivity contribution in [3.63, 3.8) is 0 Å². The first-order valence-electron chi connectivity index (χ1n) is 6.50. The van der Waals surface area contributed by atoms with Crippen LogP contribution in [0.1, 0.15) is 15.9 Å². The number of halogens is 2. The second-order valence-corrected chi connectivity index (χ2v) is 4.67. The fourth-order valence-electron chi connectivity index (χ4n) is 1.94. The standard InChI is InChI=1S/C16H13F2NO3/c17-11-7-5-10(6-8-11)9-14(16(21)22)19-15(20)12-3-1-2-4-13(12)18/h1-8,14H,9H2,(H,19,20)(H,21,22)/t14-/m1/s1. The van der Waals surface area contributed by atoms with Gasteiger partial charge in [0.25, 0.3) is 5.91 Å². The molecule has 2 rings (SSSR count). The maximum Gasteiger partial charge on any atom is 0.326 e. The van der Waals surface area contributed by atoms with Crippen LogP contribution in [0, 0.1) is 11.6 Å². The average molecular weight is 305 g/mol. The van der Waals surface area contributed by atoms with Crippen LogP contribution in [0.2, 0.25) is 0 Å². The molecule has 0 aliphatic heterocycles. The van der Waals surface area contributed by atoms with E-state index < -0.39 is 29.6 Å². The highest BCUT2D eigenvalue weighted by molar-refractivity contribution is 5.96. The summed E-state index contributed by atoms with van der Waals surface area (Å²) in [5.74, 6) is -3.24. The zero-order valence-corrected chi connectivity index (χ0v) is 11.4. The minimum absolute atomic E-state index is 0.0319. The number of carboxylic acids is 1. The van der Waals surface area contributed by atoms with Gasteiger partial charge in [0.15, 0.2) is 0 Å². The molecule has 1 amide bonds. The molecule has 6 heteroatoms. The van der Waals surface area contributed by atoms with E-state index in [1.807, 2.05) is 0 Å². The number of benzene rings is 2. The molecule has 0 fully saturated rings. The highest BCUT2D eigenvalue weighted by Gasteiger charge is 2.22. The van der Waals surface area contributed by atoms with Crippen LogP contribution in [0.4, 0.5) is 8.78 Å². The lowest BCUT2D eigenvalue weighted by atomic mass is 10.1. The molecule has 22 heavy (non-hydrogen) atoms. The zero-order valence-electron chi connectivity index (χ0n) is 11.4. The van der Waals surface area contributed by atoms with E-state index >= 15 is 0 Å². The number of rotatable bonds is 5. The first kappa shape index (κ1) is 15.6. The van der Waals surface area contributed by atoms with Gasteiger partial charge in [-0.25, -0.2) is 13.6 Å². The third-order valence-electron chi connectivity index (χ3n) is 3.07. The molecule has 2 N–H and O–H groups in total. The summed E-state index contributed by atoms with van der Waals surface area (Å²) in [6.07, 6.45) is -0.0319. The van der Waals surface area contributed by atoms with Crippen LogP contribution in [0.15, 0.2) is 48.5 Å². The van der Waals surface area contributed by atoms with Crippen molar-refractivity contribution in [3.05, 3.63) is 71.3 Å². The Balaban J connectivity index is 2.12. The van der Waals surface area contributed by atoms with Crippen molar-refractivity contribution in [2.75, 3.05) is 0 Å². The largest absolute Gasteiger partial charge is 0.480 e. The molecule has 0 spiro atoms. The SMILES string of the molecule is O=C(N[C@H](Cc1ccc(F)cc1)C(=O)O)c1ccccc1F. The Labute approximate surface area is 125 Å². The lowest BCUT2D eigenvalue weighted by molar-refractivity contribution is -0.139. The van der Waals surface area contributed by atoms with Gasteiger partial charge in [-0.05, 0) is 29.8 Å². The summed E-state index contributed by atoms with van der Waals surface area (Å²) >= 11 is 0. The van der Waals surface area contributed by atoms with Crippen LogP contribution in [-0.4, -0.2) is 23.0 Å². The molecular weight excluding hydrogens is 292 g/mol. The molecule has 2 aromatic carbocycles. The smallest absolute Gasteiger partial charge is 0.326 e. The van der Waals surface area contributed by atoms with Crippen LogP contribution < -0.4 is 5.32 Å². The summed E-state index contributed by atoms with van der Waals surface area (Å²) in [5.41, 5.74) is 0.315. The van der Waals surface area contributed by atoms with Crippen LogP contribution in [0.25, 0.3) is 0 Å². The molecule has 0 heterocycles. The van der Waals surface area contributed by atoms with Crippen molar-refractivity contribution >= 4 is 11.9 Å². The Morgan fingerprint density at radius 1 is 1.05 bits per heavy atom. The van der Waals surface area contributed by atoms with Crippen LogP contribution >= 0.6 is 0 Å². The first-order chi connectivity index (χ1) is 10.5. The van der Waals surface area contributed by atoms with Gasteiger partial charge < -0.3 is 10.4 Å². The highest BCUT2D eigenvalue weighted by atomic mass is 19.1. The lowest BCUT2D eigenvalue weighted by Crippen LogP contribution is -2.42. The molecule has 0 aliphatic carbocycles. The van der Waals surface area contributed by atoms with E-state index in [-0.39, 0.29) is 12.0 Å². The van der Waals surface area contributed by atoms with Gasteiger partial charge in [-0.2, -0.15) is 0 Å². The summed E-state index contributed by atoms with van der Waals surface area (Å²) in [6, 6.07) is 9.32. The van der Waals surface area contributed by atoms with Crippen molar-refractivity contribution in [1.29, 1.82) is 0 Å². The van der Waals surface area contributed by atoms with Gasteiger partial charge in [0.1, 0.15) is 17.7 Å². The Kier molecular flexibility index (Phi) is 4.83. The fraction of sp³-hybridized carbons (Fsp3) is 0.125. The fourth-order valence-corrected chi connectivity index (χ4v) is 1.94. The van der Waals surface area contributed by atoms with Crippen molar-refractivity contribution in [2.24, 2.45) is 0 Å². The summed E-state index contributed by atoms with van der Waals surface area (Å²) in [4.78, 5) is 23.2. The molecule has 0 saturated heterocycles. The van der Waals surface area contributed by atoms with E-state index in [0.29, 0.717) is 5.56 Å². The highest BCUT2D eigenvalue weighted by Crippen LogP contribution is 2.09. The molecule has 0 aliphatic rings. The average Bonchev–Trinajstić information content (AvgIpc) is 2.49. The van der Waals surface area contributed by atoms with Crippen molar-refractivity contribution < 1.29 is 23.5 Å². The Morgan fingerprint density at radius 3 is 2.27 bits per heavy atom. The molecule has 0 unspecified atom stereocenters. The normalized spacial score (nSPS) is 11.7. The molecule has 0 saturated carbocycles. The monoisotopic (exact) mass is 305 g/mol. The quantitative estimate of drug-likeness (QED) is 0.891. The number of carboxylic acid groups (broad SMARTS) is 1. The van der Waals surface area contributed by atoms with E-state index in [2.05, 4.69) is 5.32 Å².